The van der Waals surface area contributed by atoms with Gasteiger partial charge in [0.1, 0.15) is 18.4 Å². The average molecular weight is 442 g/mol. The van der Waals surface area contributed by atoms with Crippen LogP contribution < -0.4 is 9.47 Å². The standard InChI is InChI=1S/C23H21Cl2N3O2/c1-4-29-21-15(13-26)11-17(12-20(21)24)23(2,3)16-5-7-19(8-6-16)30-14-18-9-10-27-22(25)28-18/h5-12H,4,14H2,1-3H3. The van der Waals surface area contributed by atoms with Crippen LogP contribution in [0.1, 0.15) is 43.2 Å². The third kappa shape index (κ3) is 4.84. The van der Waals surface area contributed by atoms with Crippen LogP contribution in [-0.2, 0) is 12.0 Å². The third-order valence-corrected chi connectivity index (χ3v) is 5.28. The van der Waals surface area contributed by atoms with Crippen LogP contribution in [-0.4, -0.2) is 16.6 Å². The Labute approximate surface area is 186 Å². The van der Waals surface area contributed by atoms with Crippen molar-refractivity contribution in [3.8, 4) is 17.6 Å². The molecule has 0 spiro atoms. The van der Waals surface area contributed by atoms with Crippen molar-refractivity contribution < 1.29 is 9.47 Å². The summed E-state index contributed by atoms with van der Waals surface area (Å²) in [4.78, 5) is 7.97. The second-order valence-corrected chi connectivity index (χ2v) is 7.88. The molecule has 3 aromatic rings. The zero-order chi connectivity index (χ0) is 21.7. The molecule has 154 valence electrons. The molecule has 5 nitrogen and oxygen atoms in total. The van der Waals surface area contributed by atoms with Gasteiger partial charge in [-0.1, -0.05) is 37.6 Å². The van der Waals surface area contributed by atoms with Crippen LogP contribution in [0.25, 0.3) is 0 Å². The minimum atomic E-state index is -0.376. The van der Waals surface area contributed by atoms with E-state index >= 15 is 0 Å². The summed E-state index contributed by atoms with van der Waals surface area (Å²) in [7, 11) is 0. The normalized spacial score (nSPS) is 11.1. The highest BCUT2D eigenvalue weighted by atomic mass is 35.5. The Morgan fingerprint density at radius 3 is 2.40 bits per heavy atom. The molecule has 0 fully saturated rings. The molecule has 2 aromatic carbocycles. The number of hydrogen-bond donors (Lipinski definition) is 0. The predicted octanol–water partition coefficient (Wildman–Crippen LogP) is 5.96. The highest BCUT2D eigenvalue weighted by Crippen LogP contribution is 2.38. The van der Waals surface area contributed by atoms with Gasteiger partial charge >= 0.3 is 0 Å². The van der Waals surface area contributed by atoms with Gasteiger partial charge in [0.2, 0.25) is 5.28 Å². The first-order valence-corrected chi connectivity index (χ1v) is 10.2. The molecular weight excluding hydrogens is 421 g/mol. The van der Waals surface area contributed by atoms with Crippen molar-refractivity contribution in [2.75, 3.05) is 6.61 Å². The number of nitrogens with zero attached hydrogens (tertiary/aromatic N) is 3. The van der Waals surface area contributed by atoms with Crippen molar-refractivity contribution in [2.24, 2.45) is 0 Å². The van der Waals surface area contributed by atoms with Gasteiger partial charge in [0, 0.05) is 11.6 Å². The molecule has 0 aliphatic heterocycles. The molecule has 0 saturated carbocycles. The number of nitriles is 1. The van der Waals surface area contributed by atoms with Crippen molar-refractivity contribution in [3.05, 3.63) is 81.4 Å². The zero-order valence-electron chi connectivity index (χ0n) is 16.9. The molecule has 0 amide bonds. The van der Waals surface area contributed by atoms with Crippen molar-refractivity contribution in [2.45, 2.75) is 32.8 Å². The summed E-state index contributed by atoms with van der Waals surface area (Å²) in [6.07, 6.45) is 1.59. The number of hydrogen-bond acceptors (Lipinski definition) is 5. The molecule has 0 saturated heterocycles. The topological polar surface area (TPSA) is 68.0 Å². The molecule has 1 aromatic heterocycles. The van der Waals surface area contributed by atoms with E-state index in [1.807, 2.05) is 43.3 Å². The number of halogens is 2. The lowest BCUT2D eigenvalue weighted by atomic mass is 9.77. The molecular formula is C23H21Cl2N3O2. The van der Waals surface area contributed by atoms with Crippen LogP contribution in [0.2, 0.25) is 10.3 Å². The number of ether oxygens (including phenoxy) is 2. The van der Waals surface area contributed by atoms with Gasteiger partial charge in [0.15, 0.2) is 5.75 Å². The Bertz CT molecular complexity index is 1080. The molecule has 7 heteroatoms. The summed E-state index contributed by atoms with van der Waals surface area (Å²) in [6.45, 7) is 6.76. The van der Waals surface area contributed by atoms with Crippen molar-refractivity contribution in [3.63, 3.8) is 0 Å². The first-order valence-electron chi connectivity index (χ1n) is 9.42. The maximum Gasteiger partial charge on any atom is 0.222 e. The van der Waals surface area contributed by atoms with Crippen molar-refractivity contribution in [1.29, 1.82) is 5.26 Å². The highest BCUT2D eigenvalue weighted by molar-refractivity contribution is 6.32. The molecule has 0 bridgehead atoms. The fourth-order valence-electron chi connectivity index (χ4n) is 3.07. The van der Waals surface area contributed by atoms with Crippen LogP contribution in [0.5, 0.6) is 11.5 Å². The van der Waals surface area contributed by atoms with E-state index in [1.54, 1.807) is 12.3 Å². The number of aromatic nitrogens is 2. The second-order valence-electron chi connectivity index (χ2n) is 7.13. The Morgan fingerprint density at radius 1 is 1.03 bits per heavy atom. The Kier molecular flexibility index (Phi) is 6.81. The van der Waals surface area contributed by atoms with Gasteiger partial charge in [-0.25, -0.2) is 9.97 Å². The van der Waals surface area contributed by atoms with E-state index in [9.17, 15) is 5.26 Å². The van der Waals surface area contributed by atoms with E-state index < -0.39 is 0 Å². The molecule has 0 aliphatic carbocycles. The van der Waals surface area contributed by atoms with Crippen molar-refractivity contribution >= 4 is 23.2 Å². The van der Waals surface area contributed by atoms with E-state index in [-0.39, 0.29) is 10.7 Å². The molecule has 3 rings (SSSR count). The summed E-state index contributed by atoms with van der Waals surface area (Å²) in [5, 5.41) is 10.1. The van der Waals surface area contributed by atoms with E-state index in [2.05, 4.69) is 29.9 Å². The zero-order valence-corrected chi connectivity index (χ0v) is 18.5. The molecule has 0 unspecified atom stereocenters. The monoisotopic (exact) mass is 441 g/mol. The minimum absolute atomic E-state index is 0.193. The summed E-state index contributed by atoms with van der Waals surface area (Å²) in [6, 6.07) is 15.4. The summed E-state index contributed by atoms with van der Waals surface area (Å²) >= 11 is 12.2. The van der Waals surface area contributed by atoms with Gasteiger partial charge in [-0.05, 0) is 60.0 Å². The van der Waals surface area contributed by atoms with Crippen LogP contribution in [0.3, 0.4) is 0 Å². The van der Waals surface area contributed by atoms with Gasteiger partial charge in [-0.3, -0.25) is 0 Å². The first-order chi connectivity index (χ1) is 14.3. The van der Waals surface area contributed by atoms with Crippen LogP contribution in [0, 0.1) is 11.3 Å². The average Bonchev–Trinajstić information content (AvgIpc) is 2.74. The lowest BCUT2D eigenvalue weighted by Crippen LogP contribution is -2.19. The number of rotatable bonds is 7. The van der Waals surface area contributed by atoms with Crippen molar-refractivity contribution in [1.82, 2.24) is 9.97 Å². The Morgan fingerprint density at radius 2 is 1.77 bits per heavy atom. The smallest absolute Gasteiger partial charge is 0.222 e. The first kappa shape index (κ1) is 21.9. The van der Waals surface area contributed by atoms with Gasteiger partial charge in [0.25, 0.3) is 0 Å². The molecule has 0 N–H and O–H groups in total. The van der Waals surface area contributed by atoms with Crippen LogP contribution in [0.4, 0.5) is 0 Å². The van der Waals surface area contributed by atoms with Gasteiger partial charge in [-0.2, -0.15) is 5.26 Å². The fourth-order valence-corrected chi connectivity index (χ4v) is 3.51. The molecule has 30 heavy (non-hydrogen) atoms. The van der Waals surface area contributed by atoms with Crippen LogP contribution in [0.15, 0.2) is 48.7 Å². The molecule has 0 atom stereocenters. The lowest BCUT2D eigenvalue weighted by molar-refractivity contribution is 0.301. The van der Waals surface area contributed by atoms with Gasteiger partial charge in [0.05, 0.1) is 22.9 Å². The minimum Gasteiger partial charge on any atom is -0.491 e. The maximum absolute atomic E-state index is 9.51. The third-order valence-electron chi connectivity index (χ3n) is 4.82. The number of benzene rings is 2. The Balaban J connectivity index is 1.81. The van der Waals surface area contributed by atoms with E-state index in [1.165, 1.54) is 0 Å². The van der Waals surface area contributed by atoms with E-state index in [0.717, 1.165) is 11.1 Å². The van der Waals surface area contributed by atoms with E-state index in [4.69, 9.17) is 32.7 Å². The second kappa shape index (κ2) is 9.34. The SMILES string of the molecule is CCOc1c(Cl)cc(C(C)(C)c2ccc(OCc3ccnc(Cl)n3)cc2)cc1C#N. The quantitative estimate of drug-likeness (QED) is 0.423. The van der Waals surface area contributed by atoms with E-state index in [0.29, 0.717) is 41.0 Å². The molecule has 0 radical (unpaired) electrons. The summed E-state index contributed by atoms with van der Waals surface area (Å²) < 4.78 is 11.3. The lowest BCUT2D eigenvalue weighted by Gasteiger charge is -2.27. The molecule has 0 aliphatic rings. The van der Waals surface area contributed by atoms with Gasteiger partial charge < -0.3 is 9.47 Å². The Hall–Kier alpha value is -2.81. The maximum atomic E-state index is 9.51. The van der Waals surface area contributed by atoms with Crippen LogP contribution >= 0.6 is 23.2 Å². The largest absolute Gasteiger partial charge is 0.491 e. The summed E-state index contributed by atoms with van der Waals surface area (Å²) in [5.74, 6) is 1.14. The highest BCUT2D eigenvalue weighted by Gasteiger charge is 2.26. The fraction of sp³-hybridized carbons (Fsp3) is 0.261. The summed E-state index contributed by atoms with van der Waals surface area (Å²) in [5.41, 5.74) is 2.74. The van der Waals surface area contributed by atoms with Gasteiger partial charge in [-0.15, -0.1) is 0 Å². The predicted molar refractivity (Wildman–Crippen MR) is 117 cm³/mol. The molecule has 1 heterocycles.